The summed E-state index contributed by atoms with van der Waals surface area (Å²) >= 11 is 1.54. The first-order valence-corrected chi connectivity index (χ1v) is 15.6. The Balaban J connectivity index is 1.52. The number of hydrogen-bond donors (Lipinski definition) is 2. The third-order valence-electron chi connectivity index (χ3n) is 7.36. The van der Waals surface area contributed by atoms with Crippen LogP contribution in [0.15, 0.2) is 34.3 Å². The average Bonchev–Trinajstić information content (AvgIpc) is 3.70. The van der Waals surface area contributed by atoms with Crippen molar-refractivity contribution in [2.75, 3.05) is 26.4 Å². The standard InChI is InChI=1S/C31H42N4O7S/c1-7-39-27(40-8-2)16-41-25-12-21(29-20(6)33-17-43-29)9-10-22(25)14-32-30(37)24-13-23(36)15-35(24)31(38)28(18(3)4)26-11-19(5)34-42-26/h9-12,17-18,23-24,27-28,36H,7-8,13-16H2,1-6H3,(H,32,37)/t23-,24+,28?/m1/s1. The second kappa shape index (κ2) is 14.9. The van der Waals surface area contributed by atoms with E-state index >= 15 is 0 Å². The van der Waals surface area contributed by atoms with E-state index < -0.39 is 24.4 Å². The number of β-amino-alcohol motifs (C(OH)–C–C–N with tert-alkyl or cyclic N) is 1. The topological polar surface area (TPSA) is 136 Å². The van der Waals surface area contributed by atoms with Crippen molar-refractivity contribution in [1.29, 1.82) is 0 Å². The Morgan fingerprint density at radius 1 is 1.19 bits per heavy atom. The van der Waals surface area contributed by atoms with Gasteiger partial charge in [-0.25, -0.2) is 4.98 Å². The molecule has 2 N–H and O–H groups in total. The van der Waals surface area contributed by atoms with Gasteiger partial charge in [-0.05, 0) is 45.2 Å². The van der Waals surface area contributed by atoms with Crippen LogP contribution in [-0.4, -0.2) is 76.8 Å². The number of benzene rings is 1. The lowest BCUT2D eigenvalue weighted by atomic mass is 9.91. The van der Waals surface area contributed by atoms with Gasteiger partial charge >= 0.3 is 0 Å². The molecule has 0 spiro atoms. The zero-order valence-electron chi connectivity index (χ0n) is 25.7. The SMILES string of the molecule is CCOC(COc1cc(-c2scnc2C)ccc1CNC(=O)[C@@H]1C[C@@H](O)CN1C(=O)C(c1cc(C)no1)C(C)C)OCC. The zero-order valence-corrected chi connectivity index (χ0v) is 26.5. The number of aliphatic hydroxyl groups excluding tert-OH is 1. The lowest BCUT2D eigenvalue weighted by Gasteiger charge is -2.28. The fraction of sp³-hybridized carbons (Fsp3) is 0.548. The van der Waals surface area contributed by atoms with Crippen molar-refractivity contribution < 1.29 is 33.4 Å². The Morgan fingerprint density at radius 3 is 2.53 bits per heavy atom. The molecule has 1 aromatic carbocycles. The largest absolute Gasteiger partial charge is 0.488 e. The number of aliphatic hydroxyl groups is 1. The van der Waals surface area contributed by atoms with Gasteiger partial charge in [-0.1, -0.05) is 31.1 Å². The highest BCUT2D eigenvalue weighted by Gasteiger charge is 2.43. The van der Waals surface area contributed by atoms with Gasteiger partial charge in [0, 0.05) is 44.4 Å². The third-order valence-corrected chi connectivity index (χ3v) is 8.34. The van der Waals surface area contributed by atoms with Crippen LogP contribution in [0.4, 0.5) is 0 Å². The van der Waals surface area contributed by atoms with Crippen molar-refractivity contribution in [3.8, 4) is 16.2 Å². The molecule has 2 aromatic heterocycles. The molecular weight excluding hydrogens is 572 g/mol. The summed E-state index contributed by atoms with van der Waals surface area (Å²) in [6, 6.07) is 6.73. The Hall–Kier alpha value is -3.32. The molecule has 234 valence electrons. The quantitative estimate of drug-likeness (QED) is 0.256. The monoisotopic (exact) mass is 614 g/mol. The van der Waals surface area contributed by atoms with Crippen LogP contribution in [0.2, 0.25) is 0 Å². The molecule has 0 radical (unpaired) electrons. The van der Waals surface area contributed by atoms with Gasteiger partial charge in [-0.2, -0.15) is 0 Å². The predicted molar refractivity (Wildman–Crippen MR) is 162 cm³/mol. The molecule has 0 bridgehead atoms. The maximum atomic E-state index is 13.7. The van der Waals surface area contributed by atoms with Crippen LogP contribution in [0.5, 0.6) is 5.75 Å². The molecule has 43 heavy (non-hydrogen) atoms. The molecule has 0 aliphatic carbocycles. The van der Waals surface area contributed by atoms with Crippen molar-refractivity contribution >= 4 is 23.2 Å². The number of rotatable bonds is 14. The van der Waals surface area contributed by atoms with Gasteiger partial charge in [0.15, 0.2) is 6.29 Å². The molecular formula is C31H42N4O7S. The molecule has 12 heteroatoms. The minimum Gasteiger partial charge on any atom is -0.488 e. The minimum absolute atomic E-state index is 0.0702. The number of carbonyl (C=O) groups is 2. The number of nitrogens with one attached hydrogen (secondary N) is 1. The number of aryl methyl sites for hydroxylation is 2. The summed E-state index contributed by atoms with van der Waals surface area (Å²) in [5, 5.41) is 17.4. The van der Waals surface area contributed by atoms with Crippen LogP contribution in [-0.2, 0) is 25.6 Å². The van der Waals surface area contributed by atoms with Gasteiger partial charge in [0.25, 0.3) is 0 Å². The molecule has 3 atom stereocenters. The molecule has 1 aliphatic rings. The van der Waals surface area contributed by atoms with E-state index in [0.717, 1.165) is 21.7 Å². The number of aromatic nitrogens is 2. The number of carbonyl (C=O) groups excluding carboxylic acids is 2. The van der Waals surface area contributed by atoms with E-state index in [1.165, 1.54) is 4.90 Å². The molecule has 3 heterocycles. The Kier molecular flexibility index (Phi) is 11.3. The molecule has 1 saturated heterocycles. The average molecular weight is 615 g/mol. The van der Waals surface area contributed by atoms with Crippen LogP contribution < -0.4 is 10.1 Å². The normalized spacial score (nSPS) is 17.6. The van der Waals surface area contributed by atoms with E-state index in [-0.39, 0.29) is 43.8 Å². The molecule has 2 amide bonds. The smallest absolute Gasteiger partial charge is 0.243 e. The van der Waals surface area contributed by atoms with Crippen molar-refractivity contribution in [2.24, 2.45) is 5.92 Å². The van der Waals surface area contributed by atoms with Crippen molar-refractivity contribution in [2.45, 2.75) is 78.9 Å². The zero-order chi connectivity index (χ0) is 31.1. The van der Waals surface area contributed by atoms with Gasteiger partial charge in [-0.15, -0.1) is 11.3 Å². The first-order valence-electron chi connectivity index (χ1n) is 14.7. The number of amides is 2. The maximum Gasteiger partial charge on any atom is 0.243 e. The van der Waals surface area contributed by atoms with Crippen LogP contribution in [0, 0.1) is 19.8 Å². The highest BCUT2D eigenvalue weighted by atomic mass is 32.1. The highest BCUT2D eigenvalue weighted by molar-refractivity contribution is 7.13. The second-order valence-electron chi connectivity index (χ2n) is 10.9. The summed E-state index contributed by atoms with van der Waals surface area (Å²) in [5.41, 5.74) is 5.10. The van der Waals surface area contributed by atoms with E-state index in [1.54, 1.807) is 29.8 Å². The minimum atomic E-state index is -0.823. The fourth-order valence-corrected chi connectivity index (χ4v) is 6.08. The van der Waals surface area contributed by atoms with Crippen molar-refractivity contribution in [3.63, 3.8) is 0 Å². The first-order chi connectivity index (χ1) is 20.6. The molecule has 1 fully saturated rings. The van der Waals surface area contributed by atoms with E-state index in [1.807, 2.05) is 52.8 Å². The Morgan fingerprint density at radius 2 is 1.93 bits per heavy atom. The van der Waals surface area contributed by atoms with Gasteiger partial charge in [0.1, 0.15) is 30.1 Å². The number of ether oxygens (including phenoxy) is 3. The van der Waals surface area contributed by atoms with Crippen molar-refractivity contribution in [3.05, 3.63) is 52.5 Å². The first kappa shape index (κ1) is 32.6. The second-order valence-corrected chi connectivity index (χ2v) is 11.8. The van der Waals surface area contributed by atoms with E-state index in [0.29, 0.717) is 30.4 Å². The van der Waals surface area contributed by atoms with Crippen LogP contribution in [0.25, 0.3) is 10.4 Å². The van der Waals surface area contributed by atoms with Crippen LogP contribution in [0.3, 0.4) is 0 Å². The van der Waals surface area contributed by atoms with Crippen LogP contribution in [0.1, 0.15) is 62.7 Å². The summed E-state index contributed by atoms with van der Waals surface area (Å²) in [5.74, 6) is -0.305. The van der Waals surface area contributed by atoms with Gasteiger partial charge < -0.3 is 34.1 Å². The third kappa shape index (κ3) is 7.99. The Bertz CT molecular complexity index is 1370. The number of nitrogens with zero attached hydrogens (tertiary/aromatic N) is 3. The lowest BCUT2D eigenvalue weighted by molar-refractivity contribution is -0.152. The van der Waals surface area contributed by atoms with E-state index in [2.05, 4.69) is 15.5 Å². The van der Waals surface area contributed by atoms with Gasteiger partial charge in [0.2, 0.25) is 11.8 Å². The number of likely N-dealkylation sites (tertiary alicyclic amines) is 1. The van der Waals surface area contributed by atoms with Crippen molar-refractivity contribution in [1.82, 2.24) is 20.4 Å². The summed E-state index contributed by atoms with van der Waals surface area (Å²) in [6.45, 7) is 12.7. The van der Waals surface area contributed by atoms with E-state index in [9.17, 15) is 14.7 Å². The number of hydrogen-bond acceptors (Lipinski definition) is 10. The molecule has 0 saturated carbocycles. The maximum absolute atomic E-state index is 13.7. The Labute approximate surface area is 256 Å². The summed E-state index contributed by atoms with van der Waals surface area (Å²) in [7, 11) is 0. The number of thiazole rings is 1. The molecule has 11 nitrogen and oxygen atoms in total. The molecule has 3 aromatic rings. The molecule has 1 unspecified atom stereocenters. The fourth-order valence-electron chi connectivity index (χ4n) is 5.28. The predicted octanol–water partition coefficient (Wildman–Crippen LogP) is 4.21. The van der Waals surface area contributed by atoms with E-state index in [4.69, 9.17) is 18.7 Å². The highest BCUT2D eigenvalue weighted by Crippen LogP contribution is 2.33. The molecule has 1 aliphatic heterocycles. The van der Waals surface area contributed by atoms with Crippen LogP contribution >= 0.6 is 11.3 Å². The summed E-state index contributed by atoms with van der Waals surface area (Å²) in [4.78, 5) is 34.1. The molecule has 4 rings (SSSR count). The van der Waals surface area contributed by atoms with Gasteiger partial charge in [0.05, 0.1) is 27.9 Å². The lowest BCUT2D eigenvalue weighted by Crippen LogP contribution is -2.48. The van der Waals surface area contributed by atoms with Gasteiger partial charge in [-0.3, -0.25) is 9.59 Å². The summed E-state index contributed by atoms with van der Waals surface area (Å²) < 4.78 is 22.9. The summed E-state index contributed by atoms with van der Waals surface area (Å²) in [6.07, 6.45) is -1.19.